The molecule has 0 saturated heterocycles. The molecule has 0 amide bonds. The first-order chi connectivity index (χ1) is 14.1. The van der Waals surface area contributed by atoms with Gasteiger partial charge in [-0.05, 0) is 32.4 Å². The van der Waals surface area contributed by atoms with Gasteiger partial charge in [-0.15, -0.1) is 0 Å². The molecule has 2 aromatic heterocycles. The van der Waals surface area contributed by atoms with E-state index in [-0.39, 0.29) is 5.54 Å². The Bertz CT molecular complexity index is 1180. The molecule has 1 N–H and O–H groups in total. The second-order valence-corrected chi connectivity index (χ2v) is 7.64. The van der Waals surface area contributed by atoms with Crippen molar-refractivity contribution in [1.29, 1.82) is 0 Å². The van der Waals surface area contributed by atoms with Gasteiger partial charge in [-0.25, -0.2) is 9.88 Å². The van der Waals surface area contributed by atoms with Crippen LogP contribution in [0.3, 0.4) is 0 Å². The number of nitrogens with zero attached hydrogens (tertiary/aromatic N) is 3. The molecule has 4 heterocycles. The van der Waals surface area contributed by atoms with Crippen LogP contribution in [-0.2, 0) is 16.9 Å². The minimum Gasteiger partial charge on any atom is -0.542 e. The van der Waals surface area contributed by atoms with E-state index in [2.05, 4.69) is 69.8 Å². The van der Waals surface area contributed by atoms with Crippen LogP contribution in [-0.4, -0.2) is 21.7 Å². The smallest absolute Gasteiger partial charge is 0.430 e. The number of rotatable bonds is 0. The normalized spacial score (nSPS) is 16.6. The third-order valence-electron chi connectivity index (χ3n) is 5.54. The fourth-order valence-electron chi connectivity index (χ4n) is 4.13. The zero-order valence-electron chi connectivity index (χ0n) is 16.3. The van der Waals surface area contributed by atoms with Crippen molar-refractivity contribution in [3.05, 3.63) is 60.2 Å². The largest absolute Gasteiger partial charge is 0.542 e. The maximum Gasteiger partial charge on any atom is 0.430 e. The van der Waals surface area contributed by atoms with Gasteiger partial charge in [-0.1, -0.05) is 18.2 Å². The number of para-hydroxylation sites is 1. The molecule has 2 aliphatic rings. The molecular weight excluding hydrogens is 397 g/mol. The minimum atomic E-state index is -5.19. The van der Waals surface area contributed by atoms with Crippen LogP contribution in [0.1, 0.15) is 26.0 Å². The SMILES string of the molecule is CC1(C)C2=C(Nc3cncc[n+]31)c1cc3ccccc3n1CC2.O=C([O-])C(F)(F)F. The summed E-state index contributed by atoms with van der Waals surface area (Å²) in [5.74, 6) is -1.96. The van der Waals surface area contributed by atoms with E-state index in [1.807, 2.05) is 12.4 Å². The summed E-state index contributed by atoms with van der Waals surface area (Å²) in [6.07, 6.45) is 1.71. The van der Waals surface area contributed by atoms with E-state index < -0.39 is 12.1 Å². The van der Waals surface area contributed by atoms with Crippen LogP contribution in [0.2, 0.25) is 0 Å². The third kappa shape index (κ3) is 3.20. The number of aromatic nitrogens is 3. The van der Waals surface area contributed by atoms with Gasteiger partial charge in [0.05, 0.1) is 11.9 Å². The van der Waals surface area contributed by atoms with Crippen molar-refractivity contribution in [2.45, 2.75) is 38.5 Å². The van der Waals surface area contributed by atoms with Crippen molar-refractivity contribution in [2.24, 2.45) is 0 Å². The highest BCUT2D eigenvalue weighted by atomic mass is 19.4. The number of allylic oxidation sites excluding steroid dienone is 1. The monoisotopic (exact) mass is 416 g/mol. The second-order valence-electron chi connectivity index (χ2n) is 7.64. The predicted octanol–water partition coefficient (Wildman–Crippen LogP) is 2.60. The summed E-state index contributed by atoms with van der Waals surface area (Å²) in [6.45, 7) is 5.63. The molecule has 6 nitrogen and oxygen atoms in total. The molecule has 0 fully saturated rings. The Morgan fingerprint density at radius 3 is 2.70 bits per heavy atom. The van der Waals surface area contributed by atoms with E-state index in [0.717, 1.165) is 18.8 Å². The number of hydrogen-bond donors (Lipinski definition) is 1. The van der Waals surface area contributed by atoms with Crippen LogP contribution in [0.15, 0.2) is 54.5 Å². The first kappa shape index (κ1) is 19.9. The number of anilines is 1. The molecule has 0 saturated carbocycles. The van der Waals surface area contributed by atoms with E-state index in [1.165, 1.54) is 27.9 Å². The first-order valence-corrected chi connectivity index (χ1v) is 9.34. The van der Waals surface area contributed by atoms with Gasteiger partial charge in [0.2, 0.25) is 0 Å². The molecule has 0 atom stereocenters. The summed E-state index contributed by atoms with van der Waals surface area (Å²) < 4.78 is 36.3. The second kappa shape index (κ2) is 6.86. The van der Waals surface area contributed by atoms with E-state index in [4.69, 9.17) is 9.90 Å². The van der Waals surface area contributed by atoms with Crippen molar-refractivity contribution in [3.8, 4) is 0 Å². The molecular formula is C21H19F3N4O2. The van der Waals surface area contributed by atoms with Gasteiger partial charge >= 0.3 is 6.18 Å². The summed E-state index contributed by atoms with van der Waals surface area (Å²) in [5.41, 5.74) is 5.29. The molecule has 2 aliphatic heterocycles. The Labute approximate surface area is 170 Å². The highest BCUT2D eigenvalue weighted by Gasteiger charge is 2.42. The Morgan fingerprint density at radius 1 is 1.30 bits per heavy atom. The van der Waals surface area contributed by atoms with Crippen LogP contribution < -0.4 is 15.0 Å². The maximum atomic E-state index is 10.5. The number of nitrogens with one attached hydrogen (secondary N) is 1. The van der Waals surface area contributed by atoms with E-state index in [0.29, 0.717) is 0 Å². The number of alkyl halides is 3. The predicted molar refractivity (Wildman–Crippen MR) is 102 cm³/mol. The van der Waals surface area contributed by atoms with Gasteiger partial charge in [-0.3, -0.25) is 4.98 Å². The van der Waals surface area contributed by atoms with Crippen LogP contribution in [0, 0.1) is 0 Å². The minimum absolute atomic E-state index is 0.0411. The molecule has 30 heavy (non-hydrogen) atoms. The van der Waals surface area contributed by atoms with Crippen LogP contribution >= 0.6 is 0 Å². The van der Waals surface area contributed by atoms with Crippen LogP contribution in [0.5, 0.6) is 0 Å². The van der Waals surface area contributed by atoms with Crippen molar-refractivity contribution in [1.82, 2.24) is 9.55 Å². The van der Waals surface area contributed by atoms with E-state index in [1.54, 1.807) is 0 Å². The van der Waals surface area contributed by atoms with Gasteiger partial charge in [0, 0.05) is 23.0 Å². The molecule has 9 heteroatoms. The number of carbonyl (C=O) groups excluding carboxylic acids is 1. The Kier molecular flexibility index (Phi) is 4.56. The zero-order valence-corrected chi connectivity index (χ0v) is 16.3. The maximum absolute atomic E-state index is 10.5. The number of carboxylic acid groups (broad SMARTS) is 1. The summed E-state index contributed by atoms with van der Waals surface area (Å²) in [4.78, 5) is 13.1. The average molecular weight is 416 g/mol. The van der Waals surface area contributed by atoms with Gasteiger partial charge in [0.25, 0.3) is 5.82 Å². The molecule has 1 aromatic carbocycles. The summed E-state index contributed by atoms with van der Waals surface area (Å²) >= 11 is 0. The zero-order chi connectivity index (χ0) is 21.7. The standard InChI is InChI=1S/C19H18N4.C2HF3O2/c1-19(2)14-7-9-22-15-6-4-3-5-13(15)11-16(22)18(14)21-17-12-20-8-10-23(17)19;3-2(4,5)1(6)7/h3-6,8,10-12H,7,9H2,1-2H3;(H,6,7). The molecule has 0 spiro atoms. The Hall–Kier alpha value is -3.36. The molecule has 0 aliphatic carbocycles. The van der Waals surface area contributed by atoms with E-state index in [9.17, 15) is 13.2 Å². The number of halogens is 3. The van der Waals surface area contributed by atoms with Crippen molar-refractivity contribution >= 4 is 28.4 Å². The summed E-state index contributed by atoms with van der Waals surface area (Å²) in [5, 5.41) is 13.7. The number of fused-ring (bicyclic) bond motifs is 5. The van der Waals surface area contributed by atoms with Gasteiger partial charge in [0.15, 0.2) is 5.70 Å². The molecule has 156 valence electrons. The molecule has 0 bridgehead atoms. The Morgan fingerprint density at radius 2 is 2.00 bits per heavy atom. The lowest BCUT2D eigenvalue weighted by Gasteiger charge is -2.35. The summed E-state index contributed by atoms with van der Waals surface area (Å²) in [6, 6.07) is 10.9. The molecule has 5 rings (SSSR count). The number of carboxylic acids is 1. The van der Waals surface area contributed by atoms with Crippen LogP contribution in [0.25, 0.3) is 16.6 Å². The summed E-state index contributed by atoms with van der Waals surface area (Å²) in [7, 11) is 0. The quantitative estimate of drug-likeness (QED) is 0.572. The van der Waals surface area contributed by atoms with Gasteiger partial charge < -0.3 is 14.5 Å². The van der Waals surface area contributed by atoms with E-state index >= 15 is 0 Å². The number of aryl methyl sites for hydroxylation is 1. The topological polar surface area (TPSA) is 73.9 Å². The Balaban J connectivity index is 0.000000272. The molecule has 0 radical (unpaired) electrons. The average Bonchev–Trinajstić information content (AvgIpc) is 3.07. The fourth-order valence-corrected chi connectivity index (χ4v) is 4.13. The van der Waals surface area contributed by atoms with Crippen molar-refractivity contribution in [3.63, 3.8) is 0 Å². The van der Waals surface area contributed by atoms with Gasteiger partial charge in [0.1, 0.15) is 23.9 Å². The lowest BCUT2D eigenvalue weighted by atomic mass is 9.85. The number of aliphatic carboxylic acids is 1. The highest BCUT2D eigenvalue weighted by Crippen LogP contribution is 2.40. The number of benzene rings is 1. The molecule has 3 aromatic rings. The van der Waals surface area contributed by atoms with Crippen molar-refractivity contribution in [2.75, 3.05) is 5.32 Å². The number of carbonyl (C=O) groups is 1. The molecule has 0 unspecified atom stereocenters. The highest BCUT2D eigenvalue weighted by molar-refractivity contribution is 5.89. The fraction of sp³-hybridized carbons (Fsp3) is 0.286. The number of hydrogen-bond acceptors (Lipinski definition) is 4. The third-order valence-corrected chi connectivity index (χ3v) is 5.54. The lowest BCUT2D eigenvalue weighted by Crippen LogP contribution is -2.58. The van der Waals surface area contributed by atoms with Crippen LogP contribution in [0.4, 0.5) is 19.0 Å². The van der Waals surface area contributed by atoms with Crippen molar-refractivity contribution < 1.29 is 27.6 Å². The lowest BCUT2D eigenvalue weighted by molar-refractivity contribution is -0.737. The first-order valence-electron chi connectivity index (χ1n) is 9.34. The van der Waals surface area contributed by atoms with Gasteiger partial charge in [-0.2, -0.15) is 13.2 Å².